The molecule has 0 aliphatic carbocycles. The predicted octanol–water partition coefficient (Wildman–Crippen LogP) is 10.2. The molecule has 0 amide bonds. The first-order valence-electron chi connectivity index (χ1n) is 16.4. The number of hydrogen-bond acceptors (Lipinski definition) is 6. The summed E-state index contributed by atoms with van der Waals surface area (Å²) in [4.78, 5) is 22.8. The minimum atomic E-state index is -3.67. The van der Waals surface area contributed by atoms with Gasteiger partial charge < -0.3 is 18.9 Å². The minimum absolute atomic E-state index is 0. The van der Waals surface area contributed by atoms with Crippen LogP contribution in [0.1, 0.15) is 176 Å². The Morgan fingerprint density at radius 1 is 0.659 bits per heavy atom. The van der Waals surface area contributed by atoms with E-state index in [1.54, 1.807) is 0 Å². The van der Waals surface area contributed by atoms with Crippen LogP contribution in [0, 0.1) is 87.6 Å². The van der Waals surface area contributed by atoms with Crippen LogP contribution < -0.4 is 9.79 Å². The number of rotatable bonds is 27. The summed E-state index contributed by atoms with van der Waals surface area (Å²) in [5.74, 6) is 0.255. The van der Waals surface area contributed by atoms with E-state index in [0.717, 1.165) is 64.2 Å². The van der Waals surface area contributed by atoms with E-state index in [2.05, 4.69) is 34.6 Å². The van der Waals surface area contributed by atoms with Gasteiger partial charge >= 0.3 is 89.9 Å². The Balaban J connectivity index is -0.000000319. The summed E-state index contributed by atoms with van der Waals surface area (Å²) in [6, 6.07) is 0. The van der Waals surface area contributed by atoms with Gasteiger partial charge in [0.15, 0.2) is 0 Å². The van der Waals surface area contributed by atoms with Crippen molar-refractivity contribution in [3.63, 3.8) is 0 Å². The van der Waals surface area contributed by atoms with Crippen LogP contribution in [0.25, 0.3) is 0 Å². The smallest absolute Gasteiger partial charge is 0.778 e. The van der Waals surface area contributed by atoms with Gasteiger partial charge in [-0.2, -0.15) is 0 Å². The Hall–Kier alpha value is 2.87. The molecule has 2 radical (unpaired) electrons. The fourth-order valence-electron chi connectivity index (χ4n) is 4.78. The molecule has 0 N–H and O–H groups in total. The number of hydrogen-bond donors (Lipinski definition) is 0. The van der Waals surface area contributed by atoms with Gasteiger partial charge in [0.2, 0.25) is 0 Å². The van der Waals surface area contributed by atoms with Gasteiger partial charge in [0.05, 0.1) is 6.10 Å². The molecule has 6 nitrogen and oxygen atoms in total. The standard InChI is InChI=1S/C16H35O3P.C15H31O3P.2Nd/c1-5-8-10-11-12-15(4)19-20(17,18)14-16(7-3)13-9-6-2;1-3-5-7-9-10-12-14-15(18-19(16)17)13-11-8-6-4-2;;/h15-16H,5-14H2,1-4H3,(H,17,18);15H,3-14H2,1-2H3;;/q;;2*+3/p-1. The molecule has 0 aromatic heterocycles. The van der Waals surface area contributed by atoms with Crippen molar-refractivity contribution in [2.24, 2.45) is 5.92 Å². The van der Waals surface area contributed by atoms with E-state index >= 15 is 0 Å². The molecule has 10 heteroatoms. The summed E-state index contributed by atoms with van der Waals surface area (Å²) in [5.41, 5.74) is 0. The summed E-state index contributed by atoms with van der Waals surface area (Å²) < 4.78 is 33.1. The van der Waals surface area contributed by atoms with Crippen molar-refractivity contribution in [2.75, 3.05) is 6.16 Å². The molecule has 0 aliphatic rings. The van der Waals surface area contributed by atoms with Gasteiger partial charge in [-0.05, 0) is 43.1 Å². The molecule has 0 aromatic rings. The third-order valence-corrected chi connectivity index (χ3v) is 9.44. The van der Waals surface area contributed by atoms with Crippen LogP contribution in [0.5, 0.6) is 0 Å². The average molecular weight is 884 g/mol. The fraction of sp³-hybridized carbons (Fsp3) is 1.00. The zero-order valence-electron chi connectivity index (χ0n) is 27.6. The summed E-state index contributed by atoms with van der Waals surface area (Å²) >= 11 is 0. The molecule has 238 valence electrons. The van der Waals surface area contributed by atoms with Crippen molar-refractivity contribution in [1.29, 1.82) is 0 Å². The summed E-state index contributed by atoms with van der Waals surface area (Å²) in [7, 11) is -6.36. The maximum Gasteiger partial charge on any atom is 3.00 e. The second kappa shape index (κ2) is 37.3. The van der Waals surface area contributed by atoms with Gasteiger partial charge in [-0.25, -0.2) is 0 Å². The maximum absolute atomic E-state index is 12.1. The Kier molecular flexibility index (Phi) is 46.2. The Morgan fingerprint density at radius 2 is 1.07 bits per heavy atom. The quantitative estimate of drug-likeness (QED) is 0.0602. The molecular weight excluding hydrogens is 819 g/mol. The second-order valence-electron chi connectivity index (χ2n) is 11.3. The molecule has 0 aliphatic heterocycles. The van der Waals surface area contributed by atoms with Gasteiger partial charge in [0.25, 0.3) is 0 Å². The Morgan fingerprint density at radius 3 is 1.51 bits per heavy atom. The molecule has 0 fully saturated rings. The molecule has 0 spiro atoms. The van der Waals surface area contributed by atoms with E-state index in [9.17, 15) is 18.9 Å². The van der Waals surface area contributed by atoms with Crippen molar-refractivity contribution in [1.82, 2.24) is 0 Å². The van der Waals surface area contributed by atoms with Crippen LogP contribution in [0.3, 0.4) is 0 Å². The normalized spacial score (nSPS) is 14.9. The summed E-state index contributed by atoms with van der Waals surface area (Å²) in [5, 5.41) is 0. The van der Waals surface area contributed by atoms with Gasteiger partial charge in [0, 0.05) is 6.16 Å². The van der Waals surface area contributed by atoms with Gasteiger partial charge in [-0.15, -0.1) is 4.52 Å². The van der Waals surface area contributed by atoms with E-state index in [0.29, 0.717) is 0 Å². The van der Waals surface area contributed by atoms with E-state index in [4.69, 9.17) is 9.05 Å². The fourth-order valence-corrected chi connectivity index (χ4v) is 7.05. The first-order chi connectivity index (χ1) is 18.6. The molecule has 0 saturated heterocycles. The zero-order valence-corrected chi connectivity index (χ0v) is 35.8. The Labute approximate surface area is 322 Å². The van der Waals surface area contributed by atoms with Crippen molar-refractivity contribution >= 4 is 15.9 Å². The molecule has 0 aromatic carbocycles. The third-order valence-electron chi connectivity index (χ3n) is 7.32. The molecule has 0 rings (SSSR count). The van der Waals surface area contributed by atoms with Crippen LogP contribution in [-0.4, -0.2) is 18.4 Å². The van der Waals surface area contributed by atoms with Crippen molar-refractivity contribution < 1.29 is 110 Å². The summed E-state index contributed by atoms with van der Waals surface area (Å²) in [6.45, 7) is 12.6. The molecule has 5 atom stereocenters. The monoisotopic (exact) mass is 879 g/mol. The summed E-state index contributed by atoms with van der Waals surface area (Å²) in [6.07, 6.45) is 23.5. The maximum atomic E-state index is 12.1. The third kappa shape index (κ3) is 39.0. The largest absolute Gasteiger partial charge is 3.00 e. The second-order valence-corrected chi connectivity index (χ2v) is 13.8. The number of unbranched alkanes of at least 4 members (excludes halogenated alkanes) is 12. The van der Waals surface area contributed by atoms with Gasteiger partial charge in [-0.3, -0.25) is 0 Å². The van der Waals surface area contributed by atoms with Gasteiger partial charge in [0.1, 0.15) is 13.7 Å². The molecule has 0 bridgehead atoms. The van der Waals surface area contributed by atoms with Crippen molar-refractivity contribution in [3.05, 3.63) is 0 Å². The minimum Gasteiger partial charge on any atom is -0.778 e. The van der Waals surface area contributed by atoms with Crippen LogP contribution in [0.2, 0.25) is 0 Å². The first-order valence-corrected chi connectivity index (χ1v) is 19.3. The molecular formula is C31H65Nd2O6P2+5. The van der Waals surface area contributed by atoms with Gasteiger partial charge in [-0.1, -0.05) is 144 Å². The SMILES string of the molecule is CCCCCCC(C)OP(=O)([O-])CC(CC)CCCC.CCCCCCCCC(CCCCCC)O[P+](=O)[O-].[Nd+3].[Nd+3]. The van der Waals surface area contributed by atoms with E-state index in [-0.39, 0.29) is 106 Å². The van der Waals surface area contributed by atoms with Crippen LogP contribution >= 0.6 is 15.9 Å². The average Bonchev–Trinajstić information content (AvgIpc) is 2.88. The van der Waals surface area contributed by atoms with E-state index in [1.807, 2.05) is 6.92 Å². The molecule has 5 unspecified atom stereocenters. The first kappa shape index (κ1) is 50.7. The van der Waals surface area contributed by atoms with E-state index < -0.39 is 15.9 Å². The topological polar surface area (TPSA) is 98.7 Å². The van der Waals surface area contributed by atoms with Crippen LogP contribution in [0.4, 0.5) is 0 Å². The van der Waals surface area contributed by atoms with Crippen LogP contribution in [0.15, 0.2) is 0 Å². The van der Waals surface area contributed by atoms with Crippen molar-refractivity contribution in [3.8, 4) is 0 Å². The molecule has 0 heterocycles. The zero-order chi connectivity index (χ0) is 29.8. The van der Waals surface area contributed by atoms with Crippen molar-refractivity contribution in [2.45, 2.75) is 189 Å². The van der Waals surface area contributed by atoms with Crippen LogP contribution in [-0.2, 0) is 18.2 Å². The molecule has 41 heavy (non-hydrogen) atoms. The predicted molar refractivity (Wildman–Crippen MR) is 164 cm³/mol. The Bertz CT molecular complexity index is 587. The molecule has 0 saturated carbocycles. The van der Waals surface area contributed by atoms with E-state index in [1.165, 1.54) is 70.6 Å².